The molecule has 0 amide bonds. The van der Waals surface area contributed by atoms with Gasteiger partial charge in [0.2, 0.25) is 0 Å². The van der Waals surface area contributed by atoms with Crippen molar-refractivity contribution in [3.63, 3.8) is 0 Å². The molecule has 0 aliphatic heterocycles. The quantitative estimate of drug-likeness (QED) is 0.251. The molecule has 2 aromatic rings. The molecule has 0 bridgehead atoms. The Kier molecular flexibility index (Phi) is 11.9. The molecule has 1 aromatic heterocycles. The van der Waals surface area contributed by atoms with Crippen molar-refractivity contribution in [1.82, 2.24) is 9.97 Å². The number of unbranched alkanes of at least 4 members (excludes halogenated alkanes) is 9. The Hall–Kier alpha value is -2.41. The Balaban J connectivity index is 1.26. The zero-order valence-corrected chi connectivity index (χ0v) is 21.2. The van der Waals surface area contributed by atoms with Gasteiger partial charge in [-0.15, -0.1) is 0 Å². The van der Waals surface area contributed by atoms with E-state index < -0.39 is 0 Å². The minimum atomic E-state index is 0.484. The van der Waals surface area contributed by atoms with Gasteiger partial charge in [0.05, 0.1) is 18.2 Å². The molecule has 34 heavy (non-hydrogen) atoms. The minimum absolute atomic E-state index is 0.484. The van der Waals surface area contributed by atoms with Crippen LogP contribution in [0.15, 0.2) is 36.7 Å². The third kappa shape index (κ3) is 9.45. The van der Waals surface area contributed by atoms with Gasteiger partial charge in [0, 0.05) is 18.3 Å². The molecule has 0 saturated heterocycles. The maximum absolute atomic E-state index is 8.90. The van der Waals surface area contributed by atoms with E-state index in [0.29, 0.717) is 17.4 Å². The van der Waals surface area contributed by atoms with Crippen molar-refractivity contribution >= 4 is 0 Å². The number of aromatic nitrogens is 2. The zero-order valence-electron chi connectivity index (χ0n) is 21.2. The van der Waals surface area contributed by atoms with Crippen molar-refractivity contribution in [2.24, 2.45) is 5.92 Å². The first-order valence-corrected chi connectivity index (χ1v) is 13.7. The molecule has 1 aliphatic rings. The monoisotopic (exact) mass is 461 g/mol. The van der Waals surface area contributed by atoms with E-state index in [0.717, 1.165) is 50.3 Å². The average molecular weight is 462 g/mol. The highest BCUT2D eigenvalue weighted by molar-refractivity contribution is 5.34. The Morgan fingerprint density at radius 2 is 1.41 bits per heavy atom. The van der Waals surface area contributed by atoms with Gasteiger partial charge in [0.15, 0.2) is 0 Å². The standard InChI is InChI=1S/C30H43N3O/c1-2-3-4-5-6-7-8-9-10-11-12-27-22-32-30(33-23-27)28-17-13-26(14-18-28)24-34-29-19-15-25(21-31)16-20-29/h15-16,19-20,22-23,26,28H,2-14,17-18,24H2,1H3/t26-,28-. The van der Waals surface area contributed by atoms with Gasteiger partial charge in [0.25, 0.3) is 0 Å². The van der Waals surface area contributed by atoms with Crippen LogP contribution in [0.4, 0.5) is 0 Å². The first-order chi connectivity index (χ1) is 16.8. The molecule has 1 heterocycles. The van der Waals surface area contributed by atoms with Gasteiger partial charge in [-0.2, -0.15) is 5.26 Å². The number of hydrogen-bond donors (Lipinski definition) is 0. The first-order valence-electron chi connectivity index (χ1n) is 13.7. The van der Waals surface area contributed by atoms with Crippen LogP contribution in [-0.4, -0.2) is 16.6 Å². The summed E-state index contributed by atoms with van der Waals surface area (Å²) in [6, 6.07) is 9.53. The van der Waals surface area contributed by atoms with E-state index in [4.69, 9.17) is 20.0 Å². The van der Waals surface area contributed by atoms with Gasteiger partial charge < -0.3 is 4.74 Å². The van der Waals surface area contributed by atoms with Crippen LogP contribution >= 0.6 is 0 Å². The van der Waals surface area contributed by atoms with E-state index in [2.05, 4.69) is 25.4 Å². The molecule has 3 rings (SSSR count). The highest BCUT2D eigenvalue weighted by atomic mass is 16.5. The van der Waals surface area contributed by atoms with Crippen LogP contribution in [0.5, 0.6) is 5.75 Å². The Morgan fingerprint density at radius 3 is 2.00 bits per heavy atom. The van der Waals surface area contributed by atoms with Crippen molar-refractivity contribution in [3.05, 3.63) is 53.6 Å². The van der Waals surface area contributed by atoms with Crippen molar-refractivity contribution in [2.45, 2.75) is 109 Å². The topological polar surface area (TPSA) is 58.8 Å². The molecule has 4 heteroatoms. The van der Waals surface area contributed by atoms with Crippen LogP contribution in [-0.2, 0) is 6.42 Å². The fourth-order valence-electron chi connectivity index (χ4n) is 4.95. The maximum atomic E-state index is 8.90. The summed E-state index contributed by atoms with van der Waals surface area (Å²) in [6.45, 7) is 3.03. The lowest BCUT2D eigenvalue weighted by Crippen LogP contribution is -2.20. The SMILES string of the molecule is CCCCCCCCCCCCc1cnc([C@H]2CC[C@H](COc3ccc(C#N)cc3)CC2)nc1. The van der Waals surface area contributed by atoms with Gasteiger partial charge in [-0.05, 0) is 74.3 Å². The van der Waals surface area contributed by atoms with E-state index >= 15 is 0 Å². The van der Waals surface area contributed by atoms with Crippen LogP contribution in [0, 0.1) is 17.2 Å². The van der Waals surface area contributed by atoms with Crippen LogP contribution < -0.4 is 4.74 Å². The van der Waals surface area contributed by atoms with E-state index in [1.54, 1.807) is 0 Å². The molecule has 0 spiro atoms. The van der Waals surface area contributed by atoms with E-state index in [1.807, 2.05) is 24.3 Å². The molecule has 4 nitrogen and oxygen atoms in total. The predicted molar refractivity (Wildman–Crippen MR) is 139 cm³/mol. The molecule has 0 atom stereocenters. The number of hydrogen-bond acceptors (Lipinski definition) is 4. The Labute approximate surface area is 207 Å². The molecule has 0 radical (unpaired) electrons. The third-order valence-corrected chi connectivity index (χ3v) is 7.23. The number of ether oxygens (including phenoxy) is 1. The molecule has 1 fully saturated rings. The molecular weight excluding hydrogens is 418 g/mol. The first kappa shape index (κ1) is 26.2. The molecule has 1 saturated carbocycles. The summed E-state index contributed by atoms with van der Waals surface area (Å²) >= 11 is 0. The lowest BCUT2D eigenvalue weighted by molar-refractivity contribution is 0.198. The van der Waals surface area contributed by atoms with Crippen LogP contribution in [0.3, 0.4) is 0 Å². The van der Waals surface area contributed by atoms with E-state index in [1.165, 1.54) is 69.8 Å². The molecule has 1 aliphatic carbocycles. The molecule has 184 valence electrons. The highest BCUT2D eigenvalue weighted by Gasteiger charge is 2.24. The summed E-state index contributed by atoms with van der Waals surface area (Å²) in [7, 11) is 0. The largest absolute Gasteiger partial charge is 0.493 e. The van der Waals surface area contributed by atoms with Gasteiger partial charge in [-0.1, -0.05) is 64.7 Å². The third-order valence-electron chi connectivity index (χ3n) is 7.23. The van der Waals surface area contributed by atoms with Crippen molar-refractivity contribution in [2.75, 3.05) is 6.61 Å². The van der Waals surface area contributed by atoms with Gasteiger partial charge in [0.1, 0.15) is 11.6 Å². The van der Waals surface area contributed by atoms with Crippen LogP contribution in [0.25, 0.3) is 0 Å². The zero-order chi connectivity index (χ0) is 23.8. The fraction of sp³-hybridized carbons (Fsp3) is 0.633. The number of benzene rings is 1. The molecular formula is C30H43N3O. The van der Waals surface area contributed by atoms with Crippen LogP contribution in [0.2, 0.25) is 0 Å². The second-order valence-electron chi connectivity index (χ2n) is 10.0. The van der Waals surface area contributed by atoms with Crippen molar-refractivity contribution < 1.29 is 4.74 Å². The van der Waals surface area contributed by atoms with E-state index in [9.17, 15) is 0 Å². The maximum Gasteiger partial charge on any atom is 0.131 e. The van der Waals surface area contributed by atoms with Crippen LogP contribution in [0.1, 0.15) is 120 Å². The fourth-order valence-corrected chi connectivity index (χ4v) is 4.95. The lowest BCUT2D eigenvalue weighted by Gasteiger charge is -2.27. The molecule has 0 N–H and O–H groups in total. The normalized spacial score (nSPS) is 17.9. The molecule has 1 aromatic carbocycles. The molecule has 0 unspecified atom stereocenters. The number of nitriles is 1. The minimum Gasteiger partial charge on any atom is -0.493 e. The smallest absolute Gasteiger partial charge is 0.131 e. The lowest BCUT2D eigenvalue weighted by atomic mass is 9.82. The van der Waals surface area contributed by atoms with E-state index in [-0.39, 0.29) is 0 Å². The number of aryl methyl sites for hydroxylation is 1. The van der Waals surface area contributed by atoms with Crippen molar-refractivity contribution in [1.29, 1.82) is 5.26 Å². The number of rotatable bonds is 15. The predicted octanol–water partition coefficient (Wildman–Crippen LogP) is 8.16. The Bertz CT molecular complexity index is 833. The number of nitrogens with zero attached hydrogens (tertiary/aromatic N) is 3. The summed E-state index contributed by atoms with van der Waals surface area (Å²) in [4.78, 5) is 9.46. The highest BCUT2D eigenvalue weighted by Crippen LogP contribution is 2.34. The Morgan fingerprint density at radius 1 is 0.824 bits per heavy atom. The summed E-state index contributed by atoms with van der Waals surface area (Å²) in [5, 5.41) is 8.90. The summed E-state index contributed by atoms with van der Waals surface area (Å²) in [6.07, 6.45) is 23.6. The summed E-state index contributed by atoms with van der Waals surface area (Å²) in [5.41, 5.74) is 1.95. The van der Waals surface area contributed by atoms with Gasteiger partial charge in [-0.3, -0.25) is 0 Å². The second-order valence-corrected chi connectivity index (χ2v) is 10.0. The summed E-state index contributed by atoms with van der Waals surface area (Å²) in [5.74, 6) is 2.95. The average Bonchev–Trinajstić information content (AvgIpc) is 2.89. The summed E-state index contributed by atoms with van der Waals surface area (Å²) < 4.78 is 5.95. The second kappa shape index (κ2) is 15.5. The van der Waals surface area contributed by atoms with Crippen molar-refractivity contribution in [3.8, 4) is 11.8 Å². The van der Waals surface area contributed by atoms with Gasteiger partial charge >= 0.3 is 0 Å². The van der Waals surface area contributed by atoms with Gasteiger partial charge in [-0.25, -0.2) is 9.97 Å².